The van der Waals surface area contributed by atoms with E-state index in [4.69, 9.17) is 15.6 Å². The number of hydrogen-bond donors (Lipinski definition) is 3. The van der Waals surface area contributed by atoms with Crippen molar-refractivity contribution in [1.29, 1.82) is 0 Å². The van der Waals surface area contributed by atoms with Gasteiger partial charge in [-0.3, -0.25) is 4.79 Å². The molecule has 0 aliphatic heterocycles. The van der Waals surface area contributed by atoms with Crippen molar-refractivity contribution in [3.8, 4) is 0 Å². The Morgan fingerprint density at radius 3 is 1.44 bits per heavy atom. The van der Waals surface area contributed by atoms with E-state index in [1.165, 1.54) is 13.8 Å². The average molecular weight is 266 g/mol. The van der Waals surface area contributed by atoms with E-state index in [0.717, 1.165) is 0 Å². The number of hydrogen-bond acceptors (Lipinski definition) is 7. The lowest BCUT2D eigenvalue weighted by atomic mass is 10.0. The van der Waals surface area contributed by atoms with E-state index in [1.807, 2.05) is 15.8 Å². The number of nitrogens with zero attached hydrogens (tertiary/aromatic N) is 6. The second-order valence-electron chi connectivity index (χ2n) is 3.24. The number of ketones is 1. The second-order valence-corrected chi connectivity index (χ2v) is 3.24. The lowest BCUT2D eigenvalue weighted by Crippen LogP contribution is -2.61. The van der Waals surface area contributed by atoms with Crippen LogP contribution in [-0.2, 0) is 4.79 Å². The van der Waals surface area contributed by atoms with Gasteiger partial charge in [-0.2, -0.15) is 0 Å². The van der Waals surface area contributed by atoms with Crippen molar-refractivity contribution in [3.05, 3.63) is 15.6 Å². The summed E-state index contributed by atoms with van der Waals surface area (Å²) in [4.78, 5) is 8.55. The van der Waals surface area contributed by atoms with Crippen LogP contribution in [0.25, 0.3) is 0 Å². The molecule has 0 aliphatic carbocycles. The molecule has 0 rings (SSSR count). The first-order valence-electron chi connectivity index (χ1n) is 4.32. The monoisotopic (exact) mass is 266 g/mol. The Hall–Kier alpha value is -2.73. The van der Waals surface area contributed by atoms with Crippen LogP contribution in [0.15, 0.2) is 15.8 Å². The van der Waals surface area contributed by atoms with Crippen LogP contribution < -0.4 is 0 Å². The van der Waals surface area contributed by atoms with Gasteiger partial charge in [0, 0.05) is 5.92 Å². The topological polar surface area (TPSA) is 193 Å². The van der Waals surface area contributed by atoms with E-state index in [0.29, 0.717) is 0 Å². The van der Waals surface area contributed by atoms with Crippen molar-refractivity contribution in [3.63, 3.8) is 0 Å². The van der Waals surface area contributed by atoms with E-state index < -0.39 is 32.1 Å². The minimum atomic E-state index is -3.55. The first-order chi connectivity index (χ1) is 8.30. The molecule has 13 nitrogen and oxygen atoms in total. The van der Waals surface area contributed by atoms with Gasteiger partial charge in [0.05, 0.1) is 14.6 Å². The van der Waals surface area contributed by atoms with E-state index in [9.17, 15) is 20.4 Å². The molecule has 102 valence electrons. The van der Waals surface area contributed by atoms with Crippen LogP contribution in [0.2, 0.25) is 0 Å². The van der Waals surface area contributed by atoms with Crippen molar-refractivity contribution in [2.45, 2.75) is 19.6 Å². The number of carbonyl (C=O) groups excluding carboxylic acids is 1. The van der Waals surface area contributed by atoms with Crippen LogP contribution in [0.5, 0.6) is 0 Å². The Balaban J connectivity index is 6.33. The van der Waals surface area contributed by atoms with Crippen molar-refractivity contribution < 1.29 is 35.0 Å². The predicted molar refractivity (Wildman–Crippen MR) is 46.1 cm³/mol. The second kappa shape index (κ2) is 5.55. The van der Waals surface area contributed by atoms with Gasteiger partial charge >= 0.3 is 11.6 Å². The standard InChI is InChI=1S/C5H10N6O7/c1-3(2)4(12)5(9(16)6-13,10(17)7-14)11(18)8-15/h3,13-15H,1-2H3/b9-6-,10-7-,11-8-. The van der Waals surface area contributed by atoms with Crippen molar-refractivity contribution >= 4 is 5.78 Å². The maximum Gasteiger partial charge on any atom is 0.714 e. The van der Waals surface area contributed by atoms with Gasteiger partial charge in [0.2, 0.25) is 15.8 Å². The Bertz CT molecular complexity index is 369. The van der Waals surface area contributed by atoms with Gasteiger partial charge < -0.3 is 31.2 Å². The maximum atomic E-state index is 11.7. The molecule has 0 atom stereocenters. The third-order valence-electron chi connectivity index (χ3n) is 1.90. The molecule has 0 spiro atoms. The van der Waals surface area contributed by atoms with Gasteiger partial charge in [0.15, 0.2) is 0 Å². The molecule has 0 aromatic carbocycles. The van der Waals surface area contributed by atoms with Crippen LogP contribution in [0.3, 0.4) is 0 Å². The molecule has 0 saturated carbocycles. The maximum absolute atomic E-state index is 11.7. The van der Waals surface area contributed by atoms with Crippen molar-refractivity contribution in [2.75, 3.05) is 0 Å². The third-order valence-corrected chi connectivity index (χ3v) is 1.90. The lowest BCUT2D eigenvalue weighted by molar-refractivity contribution is -0.992. The van der Waals surface area contributed by atoms with Crippen LogP contribution >= 0.6 is 0 Å². The molecule has 0 fully saturated rings. The summed E-state index contributed by atoms with van der Waals surface area (Å²) >= 11 is 0. The molecule has 0 unspecified atom stereocenters. The number of carbonyl (C=O) groups is 1. The molecule has 0 aromatic rings. The van der Waals surface area contributed by atoms with Gasteiger partial charge in [0.25, 0.3) is 0 Å². The molecule has 3 N–H and O–H groups in total. The zero-order valence-corrected chi connectivity index (χ0v) is 9.24. The summed E-state index contributed by atoms with van der Waals surface area (Å²) in [6, 6.07) is 0. The quantitative estimate of drug-likeness (QED) is 0.267. The molecule has 0 amide bonds. The van der Waals surface area contributed by atoms with Crippen molar-refractivity contribution in [2.24, 2.45) is 21.8 Å². The van der Waals surface area contributed by atoms with E-state index in [-0.39, 0.29) is 0 Å². The fourth-order valence-electron chi connectivity index (χ4n) is 1.08. The summed E-state index contributed by atoms with van der Waals surface area (Å²) in [5, 5.41) is 64.4. The fraction of sp³-hybridized carbons (Fsp3) is 0.800. The Morgan fingerprint density at radius 1 is 1.00 bits per heavy atom. The van der Waals surface area contributed by atoms with E-state index >= 15 is 0 Å². The van der Waals surface area contributed by atoms with Crippen LogP contribution in [0.4, 0.5) is 0 Å². The molecular formula is C5H10N6O7. The molecule has 0 heterocycles. The molecule has 0 radical (unpaired) electrons. The first kappa shape index (κ1) is 15.3. The summed E-state index contributed by atoms with van der Waals surface area (Å²) in [5.74, 6) is -6.08. The first-order valence-corrected chi connectivity index (χ1v) is 4.32. The average Bonchev–Trinajstić information content (AvgIpc) is 2.37. The molecule has 0 aromatic heterocycles. The molecular weight excluding hydrogens is 256 g/mol. The third kappa shape index (κ3) is 2.04. The fourth-order valence-corrected chi connectivity index (χ4v) is 1.08. The SMILES string of the molecule is CC(C)C(=O)C(/[N+]([O-])=N/O)(/[N+]([O-])=N/O)/[N+]([O-])=N/O. The summed E-state index contributed by atoms with van der Waals surface area (Å²) in [7, 11) is 0. The summed E-state index contributed by atoms with van der Waals surface area (Å²) < 4.78 is 0. The largest absolute Gasteiger partial charge is 0.714 e. The Kier molecular flexibility index (Phi) is 4.71. The Morgan fingerprint density at radius 2 is 1.28 bits per heavy atom. The minimum Gasteiger partial charge on any atom is -0.586 e. The number of Topliss-reactive ketones (excluding diaryl/α,β-unsaturated/α-hetero) is 1. The van der Waals surface area contributed by atoms with Gasteiger partial charge in [-0.15, -0.1) is 0 Å². The predicted octanol–water partition coefficient (Wildman–Crippen LogP) is -0.0796. The minimum absolute atomic E-state index is 1.06. The van der Waals surface area contributed by atoms with Gasteiger partial charge in [0.1, 0.15) is 0 Å². The van der Waals surface area contributed by atoms with Gasteiger partial charge in [-0.1, -0.05) is 13.8 Å². The van der Waals surface area contributed by atoms with Crippen LogP contribution in [0, 0.1) is 21.5 Å². The molecule has 18 heavy (non-hydrogen) atoms. The molecule has 0 bridgehead atoms. The van der Waals surface area contributed by atoms with E-state index in [1.54, 1.807) is 0 Å². The molecule has 13 heteroatoms. The highest BCUT2D eigenvalue weighted by molar-refractivity contribution is 5.85. The lowest BCUT2D eigenvalue weighted by Gasteiger charge is -2.17. The Labute approximate surface area is 98.8 Å². The summed E-state index contributed by atoms with van der Waals surface area (Å²) in [6.07, 6.45) is 0. The highest BCUT2D eigenvalue weighted by atomic mass is 16.7. The smallest absolute Gasteiger partial charge is 0.586 e. The van der Waals surface area contributed by atoms with Crippen molar-refractivity contribution in [1.82, 2.24) is 0 Å². The summed E-state index contributed by atoms with van der Waals surface area (Å²) in [6.45, 7) is 2.39. The zero-order valence-electron chi connectivity index (χ0n) is 9.24. The van der Waals surface area contributed by atoms with Gasteiger partial charge in [-0.05, 0) is 0 Å². The van der Waals surface area contributed by atoms with Crippen LogP contribution in [0.1, 0.15) is 13.8 Å². The normalized spacial score (nSPS) is 14.9. The van der Waals surface area contributed by atoms with E-state index in [2.05, 4.69) is 0 Å². The summed E-state index contributed by atoms with van der Waals surface area (Å²) in [5.41, 5.74) is 0. The highest BCUT2D eigenvalue weighted by Crippen LogP contribution is 2.20. The zero-order chi connectivity index (χ0) is 14.5. The highest BCUT2D eigenvalue weighted by Gasteiger charge is 2.74. The molecule has 0 aliphatic rings. The van der Waals surface area contributed by atoms with Gasteiger partial charge in [-0.25, -0.2) is 0 Å². The molecule has 0 saturated heterocycles. The number of rotatable bonds is 5. The van der Waals surface area contributed by atoms with Crippen LogP contribution in [-0.4, -0.2) is 41.8 Å². The number of hydroxylamine groups is 3.